The zero-order valence-corrected chi connectivity index (χ0v) is 18.6. The maximum Gasteiger partial charge on any atom is 0.229 e. The van der Waals surface area contributed by atoms with E-state index in [4.69, 9.17) is 11.6 Å². The maximum atomic E-state index is 13.1. The number of aromatic nitrogens is 3. The summed E-state index contributed by atoms with van der Waals surface area (Å²) in [5.74, 6) is 1.17. The molecule has 2 aliphatic carbocycles. The normalized spacial score (nSPS) is 27.7. The number of hydrogen-bond donors (Lipinski definition) is 1. The number of fused-ring (bicyclic) bond motifs is 1. The van der Waals surface area contributed by atoms with Crippen molar-refractivity contribution in [3.8, 4) is 0 Å². The topological polar surface area (TPSA) is 63.1 Å². The zero-order chi connectivity index (χ0) is 22.0. The molecule has 6 nitrogen and oxygen atoms in total. The van der Waals surface area contributed by atoms with Gasteiger partial charge in [0.25, 0.3) is 0 Å². The van der Waals surface area contributed by atoms with Gasteiger partial charge in [-0.25, -0.2) is 9.37 Å². The summed E-state index contributed by atoms with van der Waals surface area (Å²) in [6.45, 7) is 1.14. The van der Waals surface area contributed by atoms with Gasteiger partial charge in [-0.05, 0) is 65.8 Å². The number of hydrogen-bond acceptors (Lipinski definition) is 4. The lowest BCUT2D eigenvalue weighted by Gasteiger charge is -2.48. The van der Waals surface area contributed by atoms with Gasteiger partial charge in [0.2, 0.25) is 5.91 Å². The van der Waals surface area contributed by atoms with Gasteiger partial charge in [-0.15, -0.1) is 0 Å². The first-order valence-electron chi connectivity index (χ1n) is 11.2. The van der Waals surface area contributed by atoms with Crippen LogP contribution in [0.5, 0.6) is 0 Å². The average Bonchev–Trinajstić information content (AvgIpc) is 3.40. The lowest BCUT2D eigenvalue weighted by atomic mass is 9.74. The van der Waals surface area contributed by atoms with Crippen molar-refractivity contribution in [2.75, 3.05) is 18.4 Å². The molecule has 3 heterocycles. The summed E-state index contributed by atoms with van der Waals surface area (Å²) >= 11 is 6.58. The lowest BCUT2D eigenvalue weighted by Crippen LogP contribution is -2.57. The third kappa shape index (κ3) is 3.57. The van der Waals surface area contributed by atoms with Crippen molar-refractivity contribution in [3.05, 3.63) is 52.9 Å². The molecule has 3 fully saturated rings. The molecule has 3 aromatic rings. The minimum Gasteiger partial charge on any atom is -0.310 e. The van der Waals surface area contributed by atoms with E-state index < -0.39 is 6.17 Å². The smallest absolute Gasteiger partial charge is 0.229 e. The van der Waals surface area contributed by atoms with Crippen molar-refractivity contribution >= 4 is 34.1 Å². The summed E-state index contributed by atoms with van der Waals surface area (Å²) in [6, 6.07) is 6.48. The maximum absolute atomic E-state index is 13.1. The Kier molecular flexibility index (Phi) is 4.73. The Morgan fingerprint density at radius 2 is 1.97 bits per heavy atom. The quantitative estimate of drug-likeness (QED) is 0.626. The number of amides is 1. The molecule has 1 amide bonds. The number of nitrogens with one attached hydrogen (secondary N) is 1. The van der Waals surface area contributed by atoms with Gasteiger partial charge in [-0.2, -0.15) is 5.10 Å². The van der Waals surface area contributed by atoms with Crippen molar-refractivity contribution in [1.29, 1.82) is 0 Å². The van der Waals surface area contributed by atoms with Gasteiger partial charge >= 0.3 is 0 Å². The number of halogens is 2. The summed E-state index contributed by atoms with van der Waals surface area (Å²) in [5, 5.41) is 9.91. The third-order valence-corrected chi connectivity index (χ3v) is 7.63. The molecular weight excluding hydrogens is 429 g/mol. The van der Waals surface area contributed by atoms with E-state index in [2.05, 4.69) is 26.4 Å². The second-order valence-corrected chi connectivity index (χ2v) is 9.96. The molecule has 32 heavy (non-hydrogen) atoms. The Morgan fingerprint density at radius 1 is 1.16 bits per heavy atom. The summed E-state index contributed by atoms with van der Waals surface area (Å²) < 4.78 is 14.9. The van der Waals surface area contributed by atoms with Crippen LogP contribution in [0, 0.1) is 5.92 Å². The highest BCUT2D eigenvalue weighted by atomic mass is 35.5. The Labute approximate surface area is 190 Å². The van der Waals surface area contributed by atoms with Crippen molar-refractivity contribution < 1.29 is 9.18 Å². The van der Waals surface area contributed by atoms with Gasteiger partial charge < -0.3 is 5.32 Å². The third-order valence-electron chi connectivity index (χ3n) is 7.30. The molecule has 166 valence electrons. The molecule has 6 rings (SSSR count). The number of aryl methyl sites for hydroxylation is 1. The molecule has 1 aliphatic heterocycles. The first-order valence-corrected chi connectivity index (χ1v) is 11.6. The molecule has 0 radical (unpaired) electrons. The van der Waals surface area contributed by atoms with Gasteiger partial charge in [0.1, 0.15) is 12.0 Å². The van der Waals surface area contributed by atoms with Crippen molar-refractivity contribution in [1.82, 2.24) is 19.7 Å². The second kappa shape index (κ2) is 7.52. The molecular formula is C24H25ClFN5O. The van der Waals surface area contributed by atoms with E-state index in [0.717, 1.165) is 46.2 Å². The van der Waals surface area contributed by atoms with Crippen LogP contribution in [-0.2, 0) is 11.8 Å². The number of benzene rings is 1. The number of pyridine rings is 1. The zero-order valence-electron chi connectivity index (χ0n) is 17.8. The molecule has 0 spiro atoms. The number of alkyl halides is 1. The largest absolute Gasteiger partial charge is 0.310 e. The standard InChI is InChI=1S/C24H25ClFN5O/c1-30-10-16(9-28-30)19-7-21(19)24(32)29-23-6-13-4-20(22(25)5-15(13)8-27-23)14-2-18(3-14)31-11-17(26)12-31/h4-6,8-10,14,17-19,21H,2-3,7,11-12H2,1H3,(H,27,29,32)/t14-,18+,19-,21+/m0/s1. The van der Waals surface area contributed by atoms with E-state index in [1.54, 1.807) is 10.9 Å². The number of nitrogens with zero attached hydrogens (tertiary/aromatic N) is 4. The summed E-state index contributed by atoms with van der Waals surface area (Å²) in [7, 11) is 1.88. The SMILES string of the molecule is Cn1cc([C@@H]2C[C@H]2C(=O)Nc2cc3cc([C@H]4C[C@@H](N5CC(F)C5)C4)c(Cl)cc3cn2)cn1. The molecule has 1 aromatic carbocycles. The molecule has 2 atom stereocenters. The van der Waals surface area contributed by atoms with Crippen LogP contribution in [0.1, 0.15) is 42.2 Å². The fraction of sp³-hybridized carbons (Fsp3) is 0.458. The highest BCUT2D eigenvalue weighted by molar-refractivity contribution is 6.32. The van der Waals surface area contributed by atoms with Crippen LogP contribution in [0.25, 0.3) is 10.8 Å². The molecule has 0 unspecified atom stereocenters. The highest BCUT2D eigenvalue weighted by Gasteiger charge is 2.45. The minimum atomic E-state index is -0.658. The minimum absolute atomic E-state index is 0.00226. The van der Waals surface area contributed by atoms with Gasteiger partial charge in [0.05, 0.1) is 6.20 Å². The van der Waals surface area contributed by atoms with Gasteiger partial charge in [0.15, 0.2) is 0 Å². The summed E-state index contributed by atoms with van der Waals surface area (Å²) in [5.41, 5.74) is 2.24. The lowest BCUT2D eigenvalue weighted by molar-refractivity contribution is -0.117. The molecule has 3 aliphatic rings. The Balaban J connectivity index is 1.14. The first-order chi connectivity index (χ1) is 15.4. The van der Waals surface area contributed by atoms with E-state index in [1.807, 2.05) is 31.6 Å². The number of carbonyl (C=O) groups excluding carboxylic acids is 1. The molecule has 1 N–H and O–H groups in total. The molecule has 0 bridgehead atoms. The predicted octanol–water partition coefficient (Wildman–Crippen LogP) is 4.26. The number of likely N-dealkylation sites (tertiary alicyclic amines) is 1. The van der Waals surface area contributed by atoms with Crippen LogP contribution < -0.4 is 5.32 Å². The van der Waals surface area contributed by atoms with Crippen LogP contribution in [0.3, 0.4) is 0 Å². The van der Waals surface area contributed by atoms with Crippen LogP contribution >= 0.6 is 11.6 Å². The molecule has 2 aromatic heterocycles. The van der Waals surface area contributed by atoms with E-state index in [9.17, 15) is 9.18 Å². The van der Waals surface area contributed by atoms with Gasteiger partial charge in [0, 0.05) is 54.9 Å². The van der Waals surface area contributed by atoms with Crippen molar-refractivity contribution in [2.24, 2.45) is 13.0 Å². The van der Waals surface area contributed by atoms with E-state index in [1.165, 1.54) is 0 Å². The van der Waals surface area contributed by atoms with E-state index in [0.29, 0.717) is 30.9 Å². The van der Waals surface area contributed by atoms with Gasteiger partial charge in [-0.1, -0.05) is 11.6 Å². The van der Waals surface area contributed by atoms with Crippen LogP contribution in [0.4, 0.5) is 10.2 Å². The Hall–Kier alpha value is -2.51. The fourth-order valence-electron chi connectivity index (χ4n) is 5.16. The second-order valence-electron chi connectivity index (χ2n) is 9.55. The summed E-state index contributed by atoms with van der Waals surface area (Å²) in [6.07, 6.45) is 7.79. The monoisotopic (exact) mass is 453 g/mol. The first kappa shape index (κ1) is 20.1. The molecule has 1 saturated heterocycles. The number of rotatable bonds is 5. The van der Waals surface area contributed by atoms with Gasteiger partial charge in [-0.3, -0.25) is 14.4 Å². The molecule has 8 heteroatoms. The Morgan fingerprint density at radius 3 is 2.69 bits per heavy atom. The van der Waals surface area contributed by atoms with Crippen molar-refractivity contribution in [3.63, 3.8) is 0 Å². The number of anilines is 1. The predicted molar refractivity (Wildman–Crippen MR) is 122 cm³/mol. The molecule has 2 saturated carbocycles. The van der Waals surface area contributed by atoms with Crippen LogP contribution in [0.2, 0.25) is 5.02 Å². The van der Waals surface area contributed by atoms with Crippen LogP contribution in [-0.4, -0.2) is 50.9 Å². The van der Waals surface area contributed by atoms with Crippen LogP contribution in [0.15, 0.2) is 36.8 Å². The van der Waals surface area contributed by atoms with Crippen molar-refractivity contribution in [2.45, 2.75) is 43.3 Å². The highest BCUT2D eigenvalue weighted by Crippen LogP contribution is 2.48. The summed E-state index contributed by atoms with van der Waals surface area (Å²) in [4.78, 5) is 19.4. The fourth-order valence-corrected chi connectivity index (χ4v) is 5.49. The van der Waals surface area contributed by atoms with E-state index >= 15 is 0 Å². The number of carbonyl (C=O) groups is 1. The van der Waals surface area contributed by atoms with E-state index in [-0.39, 0.29) is 17.7 Å². The Bertz CT molecular complexity index is 1200. The average molecular weight is 454 g/mol.